The number of hydrogen-bond acceptors (Lipinski definition) is 5. The molecular weight excluding hydrogens is 251 g/mol. The number of benzene rings is 1. The van der Waals surface area contributed by atoms with Gasteiger partial charge in [0.05, 0.1) is 5.56 Å². The summed E-state index contributed by atoms with van der Waals surface area (Å²) in [7, 11) is -4.53. The predicted molar refractivity (Wildman–Crippen MR) is 41.7 cm³/mol. The van der Waals surface area contributed by atoms with E-state index in [2.05, 4.69) is 4.89 Å². The molecule has 0 saturated carbocycles. The maximum absolute atomic E-state index is 10.8. The number of hydrogen-bond donors (Lipinski definition) is 1. The van der Waals surface area contributed by atoms with E-state index in [9.17, 15) is 18.5 Å². The van der Waals surface area contributed by atoms with Gasteiger partial charge in [-0.15, -0.1) is 0 Å². The van der Waals surface area contributed by atoms with Gasteiger partial charge in [-0.05, 0) is 12.1 Å². The van der Waals surface area contributed by atoms with Crippen molar-refractivity contribution in [3.8, 4) is 0 Å². The molecule has 8 heteroatoms. The molecule has 0 radical (unpaired) electrons. The molecule has 0 heterocycles. The molecule has 1 aromatic carbocycles. The van der Waals surface area contributed by atoms with Crippen molar-refractivity contribution in [2.45, 2.75) is 4.90 Å². The van der Waals surface area contributed by atoms with E-state index < -0.39 is 26.5 Å². The first kappa shape index (κ1) is 15.2. The Morgan fingerprint density at radius 3 is 2.33 bits per heavy atom. The summed E-state index contributed by atoms with van der Waals surface area (Å²) >= 11 is 0. The topological polar surface area (TPSA) is 104 Å². The van der Waals surface area contributed by atoms with Crippen LogP contribution in [0.3, 0.4) is 0 Å². The monoisotopic (exact) mass is 256 g/mol. The Kier molecular flexibility index (Phi) is 6.14. The second-order valence-corrected chi connectivity index (χ2v) is 3.73. The van der Waals surface area contributed by atoms with E-state index >= 15 is 0 Å². The average Bonchev–Trinajstić information content (AvgIpc) is 2.15. The largest absolute Gasteiger partial charge is 1.00 e. The van der Waals surface area contributed by atoms with Crippen molar-refractivity contribution < 1.29 is 79.3 Å². The molecule has 0 aliphatic heterocycles. The molecule has 1 rings (SSSR count). The standard InChI is InChI=1S/C7H6O6S.K/c8-7(13-9)5-3-1-2-4-6(5)14(10,11)12;/h1-4,9H,(H,10,11,12);/q;+1/p-1. The quantitative estimate of drug-likeness (QED) is 0.253. The zero-order valence-electron chi connectivity index (χ0n) is 7.71. The predicted octanol–water partition coefficient (Wildman–Crippen LogP) is -3.63. The van der Waals surface area contributed by atoms with Gasteiger partial charge in [0.25, 0.3) is 10.1 Å². The molecule has 0 aromatic heterocycles. The van der Waals surface area contributed by atoms with Crippen molar-refractivity contribution in [1.29, 1.82) is 0 Å². The fraction of sp³-hybridized carbons (Fsp3) is 0. The van der Waals surface area contributed by atoms with Crippen LogP contribution in [0.4, 0.5) is 0 Å². The van der Waals surface area contributed by atoms with Crippen LogP contribution in [0.5, 0.6) is 0 Å². The van der Waals surface area contributed by atoms with Crippen molar-refractivity contribution in [2.24, 2.45) is 0 Å². The molecule has 1 N–H and O–H groups in total. The van der Waals surface area contributed by atoms with Crippen LogP contribution in [-0.4, -0.2) is 18.9 Å². The summed E-state index contributed by atoms with van der Waals surface area (Å²) in [5.74, 6) is -1.36. The minimum atomic E-state index is -4.53. The molecule has 0 saturated heterocycles. The maximum atomic E-state index is 10.8. The van der Waals surface area contributed by atoms with Gasteiger partial charge in [0, 0.05) is 0 Å². The molecule has 0 bridgehead atoms. The van der Waals surface area contributed by atoms with Gasteiger partial charge >= 0.3 is 57.4 Å². The van der Waals surface area contributed by atoms with E-state index in [1.165, 1.54) is 12.1 Å². The Morgan fingerprint density at radius 2 is 1.87 bits per heavy atom. The molecule has 0 unspecified atom stereocenters. The summed E-state index contributed by atoms with van der Waals surface area (Å²) in [6.07, 6.45) is 0. The average molecular weight is 256 g/mol. The molecule has 0 aliphatic carbocycles. The fourth-order valence-corrected chi connectivity index (χ4v) is 1.58. The number of carbonyl (C=O) groups is 1. The molecule has 1 aromatic rings. The third-order valence-corrected chi connectivity index (χ3v) is 2.37. The van der Waals surface area contributed by atoms with E-state index in [4.69, 9.17) is 4.55 Å². The first-order valence-corrected chi connectivity index (χ1v) is 4.81. The molecule has 76 valence electrons. The van der Waals surface area contributed by atoms with Crippen molar-refractivity contribution in [2.75, 3.05) is 0 Å². The maximum Gasteiger partial charge on any atom is 1.00 e. The molecule has 0 amide bonds. The second kappa shape index (κ2) is 6.06. The van der Waals surface area contributed by atoms with Gasteiger partial charge < -0.3 is 10.1 Å². The molecule has 6 nitrogen and oxygen atoms in total. The van der Waals surface area contributed by atoms with Crippen LogP contribution in [0.2, 0.25) is 0 Å². The van der Waals surface area contributed by atoms with Crippen LogP contribution in [0.25, 0.3) is 0 Å². The first-order valence-electron chi connectivity index (χ1n) is 3.37. The van der Waals surface area contributed by atoms with Crippen LogP contribution in [0, 0.1) is 0 Å². The Bertz CT molecular complexity index is 454. The Labute approximate surface area is 128 Å². The molecule has 0 fully saturated rings. The van der Waals surface area contributed by atoms with Crippen LogP contribution in [-0.2, 0) is 15.0 Å². The summed E-state index contributed by atoms with van der Waals surface area (Å²) in [6, 6.07) is 4.68. The summed E-state index contributed by atoms with van der Waals surface area (Å²) < 4.78 is 30.1. The smallest absolute Gasteiger partial charge is 0.661 e. The van der Waals surface area contributed by atoms with E-state index in [1.54, 1.807) is 0 Å². The second-order valence-electron chi connectivity index (χ2n) is 2.34. The Balaban J connectivity index is 0.00000196. The molecule has 15 heavy (non-hydrogen) atoms. The molecular formula is C7H5KO6S. The van der Waals surface area contributed by atoms with Crippen LogP contribution < -0.4 is 56.6 Å². The third-order valence-electron chi connectivity index (χ3n) is 1.46. The zero-order valence-corrected chi connectivity index (χ0v) is 11.6. The van der Waals surface area contributed by atoms with Crippen molar-refractivity contribution >= 4 is 16.1 Å². The Hall–Kier alpha value is 0.196. The third kappa shape index (κ3) is 3.92. The molecule has 0 spiro atoms. The van der Waals surface area contributed by atoms with Gasteiger partial charge in [-0.1, -0.05) is 12.1 Å². The van der Waals surface area contributed by atoms with Gasteiger partial charge in [-0.3, -0.25) is 4.55 Å². The normalized spacial score (nSPS) is 10.3. The van der Waals surface area contributed by atoms with Crippen LogP contribution in [0.15, 0.2) is 29.2 Å². The van der Waals surface area contributed by atoms with Crippen LogP contribution in [0.1, 0.15) is 10.4 Å². The van der Waals surface area contributed by atoms with Gasteiger partial charge in [0.1, 0.15) is 4.90 Å². The fourth-order valence-electron chi connectivity index (χ4n) is 0.905. The summed E-state index contributed by atoms with van der Waals surface area (Å²) in [4.78, 5) is 13.2. The van der Waals surface area contributed by atoms with Crippen molar-refractivity contribution in [3.05, 3.63) is 29.8 Å². The number of carbonyl (C=O) groups excluding carboxylic acids is 1. The van der Waals surface area contributed by atoms with Gasteiger partial charge in [0.15, 0.2) is 0 Å². The minimum Gasteiger partial charge on any atom is -0.661 e. The summed E-state index contributed by atoms with van der Waals surface area (Å²) in [5, 5.41) is 9.78. The summed E-state index contributed by atoms with van der Waals surface area (Å²) in [6.45, 7) is 0. The van der Waals surface area contributed by atoms with E-state index in [0.29, 0.717) is 0 Å². The van der Waals surface area contributed by atoms with E-state index in [-0.39, 0.29) is 51.4 Å². The first-order chi connectivity index (χ1) is 6.46. The Morgan fingerprint density at radius 1 is 1.33 bits per heavy atom. The molecule has 0 aliphatic rings. The summed E-state index contributed by atoms with van der Waals surface area (Å²) in [5.41, 5.74) is -0.495. The van der Waals surface area contributed by atoms with E-state index in [1.807, 2.05) is 0 Å². The van der Waals surface area contributed by atoms with E-state index in [0.717, 1.165) is 12.1 Å². The zero-order chi connectivity index (χ0) is 10.8. The SMILES string of the molecule is O=C(O[O-])c1ccccc1S(=O)(=O)O.[K+]. The number of rotatable bonds is 2. The minimum absolute atomic E-state index is 0. The van der Waals surface area contributed by atoms with Crippen molar-refractivity contribution in [3.63, 3.8) is 0 Å². The van der Waals surface area contributed by atoms with Crippen LogP contribution >= 0.6 is 0 Å². The van der Waals surface area contributed by atoms with Gasteiger partial charge in [-0.25, -0.2) is 4.79 Å². The van der Waals surface area contributed by atoms with Gasteiger partial charge in [0.2, 0.25) is 0 Å². The molecule has 0 atom stereocenters. The van der Waals surface area contributed by atoms with Gasteiger partial charge in [-0.2, -0.15) is 8.42 Å². The van der Waals surface area contributed by atoms with Crippen molar-refractivity contribution in [1.82, 2.24) is 0 Å².